The first kappa shape index (κ1) is 22.3. The Bertz CT molecular complexity index is 453. The van der Waals surface area contributed by atoms with Crippen LogP contribution < -0.4 is 0 Å². The lowest BCUT2D eigenvalue weighted by Crippen LogP contribution is -2.35. The number of rotatable bonds is 11. The Morgan fingerprint density at radius 3 is 2.36 bits per heavy atom. The molecule has 1 rings (SSSR count). The predicted molar refractivity (Wildman–Crippen MR) is 115 cm³/mol. The highest BCUT2D eigenvalue weighted by Crippen LogP contribution is 2.49. The van der Waals surface area contributed by atoms with Gasteiger partial charge in [0.25, 0.3) is 0 Å². The van der Waals surface area contributed by atoms with Crippen LogP contribution in [0.3, 0.4) is 0 Å². The fourth-order valence-corrected chi connectivity index (χ4v) is 4.63. The zero-order valence-electron chi connectivity index (χ0n) is 18.0. The molecule has 1 aliphatic rings. The standard InChI is InChI=1S/C25H44/c1-9-21(6)13-11-17-25(8,16-10-12-19(2)3)24-18-22(7)14-15-23(24)20(4)5/h9,18-19,21,23-24H,1,4,10-17H2,2-3,5-8H3. The SMILES string of the molecule is C=CC(C)CCCC(C)(CCCC(C)C)C1C=C(C)CCC1C(=C)C. The molecule has 0 heterocycles. The van der Waals surface area contributed by atoms with Gasteiger partial charge in [-0.25, -0.2) is 0 Å². The van der Waals surface area contributed by atoms with Crippen molar-refractivity contribution >= 4 is 0 Å². The van der Waals surface area contributed by atoms with Crippen molar-refractivity contribution in [3.05, 3.63) is 36.5 Å². The van der Waals surface area contributed by atoms with E-state index in [9.17, 15) is 0 Å². The molecule has 4 unspecified atom stereocenters. The van der Waals surface area contributed by atoms with Gasteiger partial charge in [0.05, 0.1) is 0 Å². The van der Waals surface area contributed by atoms with Crippen LogP contribution in [0.5, 0.6) is 0 Å². The highest BCUT2D eigenvalue weighted by Gasteiger charge is 2.38. The maximum absolute atomic E-state index is 4.36. The van der Waals surface area contributed by atoms with Crippen LogP contribution in [0.1, 0.15) is 92.9 Å². The van der Waals surface area contributed by atoms with E-state index in [0.717, 1.165) is 5.92 Å². The van der Waals surface area contributed by atoms with E-state index in [1.807, 2.05) is 0 Å². The predicted octanol–water partition coefficient (Wildman–Crippen LogP) is 8.36. The summed E-state index contributed by atoms with van der Waals surface area (Å²) in [6.45, 7) is 22.5. The summed E-state index contributed by atoms with van der Waals surface area (Å²) in [6, 6.07) is 0. The molecule has 144 valence electrons. The average Bonchev–Trinajstić information content (AvgIpc) is 2.53. The maximum Gasteiger partial charge on any atom is -0.0111 e. The van der Waals surface area contributed by atoms with Crippen LogP contribution in [0, 0.1) is 29.1 Å². The highest BCUT2D eigenvalue weighted by atomic mass is 14.4. The van der Waals surface area contributed by atoms with Gasteiger partial charge in [-0.3, -0.25) is 0 Å². The van der Waals surface area contributed by atoms with Crippen molar-refractivity contribution in [1.29, 1.82) is 0 Å². The highest BCUT2D eigenvalue weighted by molar-refractivity contribution is 5.17. The Morgan fingerprint density at radius 1 is 1.24 bits per heavy atom. The lowest BCUT2D eigenvalue weighted by Gasteiger charge is -2.44. The van der Waals surface area contributed by atoms with Gasteiger partial charge in [-0.05, 0) is 75.0 Å². The monoisotopic (exact) mass is 344 g/mol. The van der Waals surface area contributed by atoms with Crippen LogP contribution in [0.15, 0.2) is 36.5 Å². The zero-order valence-corrected chi connectivity index (χ0v) is 18.0. The van der Waals surface area contributed by atoms with Gasteiger partial charge in [-0.15, -0.1) is 6.58 Å². The van der Waals surface area contributed by atoms with Crippen molar-refractivity contribution in [3.8, 4) is 0 Å². The van der Waals surface area contributed by atoms with Crippen LogP contribution >= 0.6 is 0 Å². The second kappa shape index (κ2) is 10.4. The largest absolute Gasteiger partial charge is 0.103 e. The normalized spacial score (nSPS) is 24.5. The second-order valence-electron chi connectivity index (χ2n) is 9.58. The van der Waals surface area contributed by atoms with Crippen LogP contribution in [0.2, 0.25) is 0 Å². The van der Waals surface area contributed by atoms with Crippen molar-refractivity contribution in [2.75, 3.05) is 0 Å². The van der Waals surface area contributed by atoms with Gasteiger partial charge < -0.3 is 0 Å². The summed E-state index contributed by atoms with van der Waals surface area (Å²) in [6.07, 6.45) is 15.3. The van der Waals surface area contributed by atoms with Crippen molar-refractivity contribution in [3.63, 3.8) is 0 Å². The molecule has 0 nitrogen and oxygen atoms in total. The van der Waals surface area contributed by atoms with Gasteiger partial charge in [-0.2, -0.15) is 0 Å². The lowest BCUT2D eigenvalue weighted by atomic mass is 9.60. The Hall–Kier alpha value is -0.780. The molecule has 25 heavy (non-hydrogen) atoms. The summed E-state index contributed by atoms with van der Waals surface area (Å²) >= 11 is 0. The molecule has 0 spiro atoms. The number of hydrogen-bond acceptors (Lipinski definition) is 0. The molecule has 0 aliphatic heterocycles. The smallest absolute Gasteiger partial charge is 0.0111 e. The molecule has 0 saturated heterocycles. The molecule has 1 aliphatic carbocycles. The van der Waals surface area contributed by atoms with Gasteiger partial charge in [0.15, 0.2) is 0 Å². The molecule has 0 bridgehead atoms. The van der Waals surface area contributed by atoms with Crippen LogP contribution in [-0.4, -0.2) is 0 Å². The van der Waals surface area contributed by atoms with Gasteiger partial charge in [0.1, 0.15) is 0 Å². The van der Waals surface area contributed by atoms with Crippen molar-refractivity contribution in [2.45, 2.75) is 92.9 Å². The molecule has 0 heteroatoms. The van der Waals surface area contributed by atoms with E-state index >= 15 is 0 Å². The van der Waals surface area contributed by atoms with Gasteiger partial charge >= 0.3 is 0 Å². The van der Waals surface area contributed by atoms with Crippen molar-refractivity contribution in [1.82, 2.24) is 0 Å². The first-order valence-corrected chi connectivity index (χ1v) is 10.6. The van der Waals surface area contributed by atoms with E-state index in [1.54, 1.807) is 5.57 Å². The van der Waals surface area contributed by atoms with E-state index in [1.165, 1.54) is 56.9 Å². The number of allylic oxidation sites excluding steroid dienone is 4. The van der Waals surface area contributed by atoms with Crippen LogP contribution in [0.25, 0.3) is 0 Å². The second-order valence-corrected chi connectivity index (χ2v) is 9.58. The summed E-state index contributed by atoms with van der Waals surface area (Å²) in [4.78, 5) is 0. The Morgan fingerprint density at radius 2 is 1.84 bits per heavy atom. The summed E-state index contributed by atoms with van der Waals surface area (Å²) in [7, 11) is 0. The van der Waals surface area contributed by atoms with Crippen molar-refractivity contribution in [2.24, 2.45) is 29.1 Å². The van der Waals surface area contributed by atoms with E-state index in [-0.39, 0.29) is 0 Å². The van der Waals surface area contributed by atoms with Gasteiger partial charge in [0.2, 0.25) is 0 Å². The number of hydrogen-bond donors (Lipinski definition) is 0. The first-order valence-electron chi connectivity index (χ1n) is 10.6. The molecular formula is C25H44. The summed E-state index contributed by atoms with van der Waals surface area (Å²) in [5.41, 5.74) is 3.39. The molecule has 0 N–H and O–H groups in total. The molecule has 0 amide bonds. The quantitative estimate of drug-likeness (QED) is 0.330. The molecule has 0 aromatic rings. The molecule has 4 atom stereocenters. The topological polar surface area (TPSA) is 0 Å². The third-order valence-corrected chi connectivity index (χ3v) is 6.52. The van der Waals surface area contributed by atoms with Gasteiger partial charge in [0, 0.05) is 0 Å². The third kappa shape index (κ3) is 7.16. The summed E-state index contributed by atoms with van der Waals surface area (Å²) in [5, 5.41) is 0. The fourth-order valence-electron chi connectivity index (χ4n) is 4.63. The molecule has 0 aromatic heterocycles. The molecule has 0 saturated carbocycles. The molecular weight excluding hydrogens is 300 g/mol. The minimum absolute atomic E-state index is 0.404. The Kier molecular flexibility index (Phi) is 9.25. The van der Waals surface area contributed by atoms with Crippen molar-refractivity contribution < 1.29 is 0 Å². The Balaban J connectivity index is 2.94. The third-order valence-electron chi connectivity index (χ3n) is 6.52. The van der Waals surface area contributed by atoms with E-state index < -0.39 is 0 Å². The molecule has 0 fully saturated rings. The summed E-state index contributed by atoms with van der Waals surface area (Å²) < 4.78 is 0. The first-order chi connectivity index (χ1) is 11.7. The van der Waals surface area contributed by atoms with Gasteiger partial charge in [-0.1, -0.05) is 76.8 Å². The van der Waals surface area contributed by atoms with E-state index in [4.69, 9.17) is 0 Å². The lowest BCUT2D eigenvalue weighted by molar-refractivity contribution is 0.126. The molecule has 0 aromatic carbocycles. The van der Waals surface area contributed by atoms with Crippen LogP contribution in [-0.2, 0) is 0 Å². The fraction of sp³-hybridized carbons (Fsp3) is 0.760. The zero-order chi connectivity index (χ0) is 19.0. The molecule has 0 radical (unpaired) electrons. The minimum Gasteiger partial charge on any atom is -0.103 e. The Labute approximate surface area is 158 Å². The van der Waals surface area contributed by atoms with Crippen LogP contribution in [0.4, 0.5) is 0 Å². The van der Waals surface area contributed by atoms with E-state index in [0.29, 0.717) is 23.2 Å². The maximum atomic E-state index is 4.36. The van der Waals surface area contributed by atoms with E-state index in [2.05, 4.69) is 66.9 Å². The summed E-state index contributed by atoms with van der Waals surface area (Å²) in [5.74, 6) is 2.79. The average molecular weight is 345 g/mol. The minimum atomic E-state index is 0.404.